The number of alkyl halides is 4. The van der Waals surface area contributed by atoms with Crippen LogP contribution in [0, 0.1) is 0 Å². The van der Waals surface area contributed by atoms with Gasteiger partial charge in [-0.25, -0.2) is 4.39 Å². The molecule has 0 aliphatic carbocycles. The van der Waals surface area contributed by atoms with Crippen molar-refractivity contribution in [2.75, 3.05) is 0 Å². The van der Waals surface area contributed by atoms with Crippen LogP contribution in [0.15, 0.2) is 6.20 Å². The largest absolute Gasteiger partial charge is 0.425 e. The maximum Gasteiger partial charge on any atom is 0.425 e. The minimum absolute atomic E-state index is 0.0936. The molecule has 1 aromatic rings. The first-order chi connectivity index (χ1) is 6.86. The van der Waals surface area contributed by atoms with Crippen molar-refractivity contribution < 1.29 is 27.1 Å². The molecule has 1 unspecified atom stereocenters. The SMILES string of the molecule is Cn1cc(OC=O)c(C(F)C(F)(F)F)n1. The normalized spacial score (nSPS) is 13.7. The number of aromatic nitrogens is 2. The predicted molar refractivity (Wildman–Crippen MR) is 39.8 cm³/mol. The number of ether oxygens (including phenoxy) is 1. The van der Waals surface area contributed by atoms with Crippen molar-refractivity contribution in [1.82, 2.24) is 9.78 Å². The fraction of sp³-hybridized carbons (Fsp3) is 0.429. The summed E-state index contributed by atoms with van der Waals surface area (Å²) >= 11 is 0. The van der Waals surface area contributed by atoms with Crippen LogP contribution in [-0.4, -0.2) is 22.4 Å². The van der Waals surface area contributed by atoms with Crippen molar-refractivity contribution in [1.29, 1.82) is 0 Å². The summed E-state index contributed by atoms with van der Waals surface area (Å²) in [7, 11) is 1.28. The first-order valence-electron chi connectivity index (χ1n) is 3.71. The topological polar surface area (TPSA) is 44.1 Å². The fourth-order valence-corrected chi connectivity index (χ4v) is 0.957. The molecule has 0 saturated heterocycles. The number of nitrogens with zero attached hydrogens (tertiary/aromatic N) is 2. The van der Waals surface area contributed by atoms with E-state index in [1.165, 1.54) is 7.05 Å². The average Bonchev–Trinajstić information content (AvgIpc) is 2.44. The van der Waals surface area contributed by atoms with Gasteiger partial charge in [-0.05, 0) is 0 Å². The summed E-state index contributed by atoms with van der Waals surface area (Å²) in [6.45, 7) is -0.0936. The molecule has 8 heteroatoms. The molecule has 1 aromatic heterocycles. The van der Waals surface area contributed by atoms with Gasteiger partial charge >= 0.3 is 6.18 Å². The van der Waals surface area contributed by atoms with Gasteiger partial charge in [0.25, 0.3) is 6.47 Å². The second-order valence-electron chi connectivity index (χ2n) is 2.67. The Morgan fingerprint density at radius 2 is 2.20 bits per heavy atom. The van der Waals surface area contributed by atoms with Gasteiger partial charge < -0.3 is 4.74 Å². The summed E-state index contributed by atoms with van der Waals surface area (Å²) in [4.78, 5) is 9.95. The van der Waals surface area contributed by atoms with Crippen LogP contribution in [-0.2, 0) is 11.8 Å². The van der Waals surface area contributed by atoms with Crippen molar-refractivity contribution >= 4 is 6.47 Å². The van der Waals surface area contributed by atoms with Crippen LogP contribution in [0.2, 0.25) is 0 Å². The van der Waals surface area contributed by atoms with Crippen molar-refractivity contribution in [2.45, 2.75) is 12.3 Å². The van der Waals surface area contributed by atoms with Gasteiger partial charge in [-0.3, -0.25) is 9.48 Å². The van der Waals surface area contributed by atoms with Gasteiger partial charge in [0.2, 0.25) is 6.17 Å². The Morgan fingerprint density at radius 3 is 2.67 bits per heavy atom. The Kier molecular flexibility index (Phi) is 2.96. The van der Waals surface area contributed by atoms with E-state index in [0.29, 0.717) is 0 Å². The number of hydrogen-bond acceptors (Lipinski definition) is 3. The summed E-state index contributed by atoms with van der Waals surface area (Å²) in [6.07, 6.45) is -7.37. The molecular formula is C7H6F4N2O2. The third kappa shape index (κ3) is 2.45. The zero-order valence-corrected chi connectivity index (χ0v) is 7.45. The smallest absolute Gasteiger partial charge is 0.425 e. The van der Waals surface area contributed by atoms with Gasteiger partial charge in [-0.1, -0.05) is 0 Å². The lowest BCUT2D eigenvalue weighted by Crippen LogP contribution is -2.18. The summed E-state index contributed by atoms with van der Waals surface area (Å²) < 4.78 is 53.9. The number of hydrogen-bond donors (Lipinski definition) is 0. The molecule has 0 N–H and O–H groups in total. The Morgan fingerprint density at radius 1 is 1.60 bits per heavy atom. The van der Waals surface area contributed by atoms with Gasteiger partial charge in [0, 0.05) is 7.05 Å². The highest BCUT2D eigenvalue weighted by atomic mass is 19.4. The van der Waals surface area contributed by atoms with E-state index in [4.69, 9.17) is 0 Å². The molecule has 0 aliphatic heterocycles. The molecule has 0 spiro atoms. The molecule has 15 heavy (non-hydrogen) atoms. The quantitative estimate of drug-likeness (QED) is 0.579. The van der Waals surface area contributed by atoms with Crippen LogP contribution in [0.1, 0.15) is 11.9 Å². The zero-order chi connectivity index (χ0) is 11.6. The lowest BCUT2D eigenvalue weighted by atomic mass is 10.2. The van der Waals surface area contributed by atoms with E-state index >= 15 is 0 Å². The molecule has 0 radical (unpaired) electrons. The van der Waals surface area contributed by atoms with Crippen LogP contribution >= 0.6 is 0 Å². The van der Waals surface area contributed by atoms with Crippen molar-refractivity contribution in [3.8, 4) is 5.75 Å². The monoisotopic (exact) mass is 226 g/mol. The van der Waals surface area contributed by atoms with Crippen LogP contribution in [0.3, 0.4) is 0 Å². The third-order valence-corrected chi connectivity index (χ3v) is 1.52. The minimum Gasteiger partial charge on any atom is -0.425 e. The molecule has 0 bridgehead atoms. The highest BCUT2D eigenvalue weighted by Crippen LogP contribution is 2.38. The molecule has 0 aromatic carbocycles. The first kappa shape index (κ1) is 11.5. The van der Waals surface area contributed by atoms with Crippen molar-refractivity contribution in [2.24, 2.45) is 7.05 Å². The van der Waals surface area contributed by atoms with E-state index in [1.807, 2.05) is 0 Å². The van der Waals surface area contributed by atoms with E-state index in [0.717, 1.165) is 10.9 Å². The third-order valence-electron chi connectivity index (χ3n) is 1.52. The number of carbonyl (C=O) groups excluding carboxylic acids is 1. The highest BCUT2D eigenvalue weighted by Gasteiger charge is 2.44. The van der Waals surface area contributed by atoms with Gasteiger partial charge in [-0.2, -0.15) is 18.3 Å². The highest BCUT2D eigenvalue weighted by molar-refractivity contribution is 5.46. The minimum atomic E-state index is -5.07. The molecule has 0 amide bonds. The van der Waals surface area contributed by atoms with Crippen LogP contribution < -0.4 is 4.74 Å². The molecule has 1 atom stereocenters. The van der Waals surface area contributed by atoms with Gasteiger partial charge in [0.1, 0.15) is 5.69 Å². The molecule has 84 valence electrons. The van der Waals surface area contributed by atoms with E-state index in [2.05, 4.69) is 9.84 Å². The molecule has 0 aliphatic rings. The zero-order valence-electron chi connectivity index (χ0n) is 7.45. The van der Waals surface area contributed by atoms with E-state index in [1.54, 1.807) is 0 Å². The second kappa shape index (κ2) is 3.87. The summed E-state index contributed by atoms with van der Waals surface area (Å²) in [5.41, 5.74) is -0.961. The number of aryl methyl sites for hydroxylation is 1. The van der Waals surface area contributed by atoms with Gasteiger partial charge in [-0.15, -0.1) is 0 Å². The second-order valence-corrected chi connectivity index (χ2v) is 2.67. The molecule has 1 heterocycles. The Hall–Kier alpha value is -1.60. The number of rotatable bonds is 3. The molecule has 1 rings (SSSR count). The van der Waals surface area contributed by atoms with Gasteiger partial charge in [0.15, 0.2) is 5.75 Å². The standard InChI is InChI=1S/C7H6F4N2O2/c1-13-2-4(15-3-14)5(12-13)6(8)7(9,10)11/h2-3,6H,1H3. The molecular weight excluding hydrogens is 220 g/mol. The lowest BCUT2D eigenvalue weighted by Gasteiger charge is -2.10. The Balaban J connectivity index is 3.07. The van der Waals surface area contributed by atoms with Crippen LogP contribution in [0.25, 0.3) is 0 Å². The average molecular weight is 226 g/mol. The number of halogens is 4. The van der Waals surface area contributed by atoms with E-state index in [-0.39, 0.29) is 6.47 Å². The van der Waals surface area contributed by atoms with Crippen molar-refractivity contribution in [3.63, 3.8) is 0 Å². The maximum absolute atomic E-state index is 12.8. The fourth-order valence-electron chi connectivity index (χ4n) is 0.957. The first-order valence-corrected chi connectivity index (χ1v) is 3.71. The lowest BCUT2D eigenvalue weighted by molar-refractivity contribution is -0.184. The van der Waals surface area contributed by atoms with Crippen LogP contribution in [0.4, 0.5) is 17.6 Å². The molecule has 4 nitrogen and oxygen atoms in total. The summed E-state index contributed by atoms with van der Waals surface area (Å²) in [6, 6.07) is 0. The van der Waals surface area contributed by atoms with Gasteiger partial charge in [0.05, 0.1) is 6.20 Å². The summed E-state index contributed by atoms with van der Waals surface area (Å²) in [5.74, 6) is -0.544. The number of carbonyl (C=O) groups is 1. The summed E-state index contributed by atoms with van der Waals surface area (Å²) in [5, 5.41) is 3.23. The molecule has 0 fully saturated rings. The van der Waals surface area contributed by atoms with E-state index in [9.17, 15) is 22.4 Å². The molecule has 0 saturated carbocycles. The maximum atomic E-state index is 12.8. The van der Waals surface area contributed by atoms with Crippen LogP contribution in [0.5, 0.6) is 5.75 Å². The predicted octanol–water partition coefficient (Wildman–Crippen LogP) is 1.53. The Labute approximate surface area is 81.4 Å². The Bertz CT molecular complexity index is 360. The van der Waals surface area contributed by atoms with E-state index < -0.39 is 23.8 Å². The van der Waals surface area contributed by atoms with Crippen molar-refractivity contribution in [3.05, 3.63) is 11.9 Å².